The van der Waals surface area contributed by atoms with Crippen LogP contribution < -0.4 is 10.6 Å². The molecule has 38 heavy (non-hydrogen) atoms. The summed E-state index contributed by atoms with van der Waals surface area (Å²) in [7, 11) is 0. The minimum absolute atomic E-state index is 0.0502. The van der Waals surface area contributed by atoms with Gasteiger partial charge in [0.1, 0.15) is 6.04 Å². The normalized spacial score (nSPS) is 14.9. The van der Waals surface area contributed by atoms with Crippen LogP contribution in [0, 0.1) is 5.92 Å². The van der Waals surface area contributed by atoms with Gasteiger partial charge in [-0.15, -0.1) is 0 Å². The first-order valence-corrected chi connectivity index (χ1v) is 13.9. The van der Waals surface area contributed by atoms with Crippen LogP contribution in [0.15, 0.2) is 78.9 Å². The van der Waals surface area contributed by atoms with Crippen LogP contribution in [0.25, 0.3) is 0 Å². The number of nitrogens with zero attached hydrogens (tertiary/aromatic N) is 1. The van der Waals surface area contributed by atoms with Crippen molar-refractivity contribution in [3.05, 3.63) is 101 Å². The SMILES string of the molecule is CC(C)c1cccc(C(C)C)c1NC(=O)NC(C(=O)N1CCC(Cc2ccccc2)CC1)c1ccccc1. The third kappa shape index (κ3) is 6.83. The third-order valence-electron chi connectivity index (χ3n) is 7.56. The van der Waals surface area contributed by atoms with Crippen molar-refractivity contribution in [1.29, 1.82) is 0 Å². The number of rotatable bonds is 8. The maximum Gasteiger partial charge on any atom is 0.320 e. The quantitative estimate of drug-likeness (QED) is 0.334. The summed E-state index contributed by atoms with van der Waals surface area (Å²) in [6, 6.07) is 25.2. The number of hydrogen-bond acceptors (Lipinski definition) is 2. The van der Waals surface area contributed by atoms with Gasteiger partial charge in [-0.2, -0.15) is 0 Å². The van der Waals surface area contributed by atoms with Crippen LogP contribution in [0.3, 0.4) is 0 Å². The van der Waals surface area contributed by atoms with Crippen molar-refractivity contribution in [2.45, 2.75) is 64.8 Å². The van der Waals surface area contributed by atoms with Gasteiger partial charge in [0.15, 0.2) is 0 Å². The Balaban J connectivity index is 1.48. The molecule has 1 unspecified atom stereocenters. The van der Waals surface area contributed by atoms with Crippen LogP contribution in [0.1, 0.15) is 80.7 Å². The fraction of sp³-hybridized carbons (Fsp3) is 0.394. The second kappa shape index (κ2) is 12.8. The lowest BCUT2D eigenvalue weighted by Crippen LogP contribution is -2.47. The lowest BCUT2D eigenvalue weighted by atomic mass is 9.89. The molecular weight excluding hydrogens is 470 g/mol. The molecule has 0 saturated carbocycles. The molecule has 5 nitrogen and oxygen atoms in total. The summed E-state index contributed by atoms with van der Waals surface area (Å²) >= 11 is 0. The first-order chi connectivity index (χ1) is 18.3. The van der Waals surface area contributed by atoms with Crippen LogP contribution in [0.4, 0.5) is 10.5 Å². The number of piperidine rings is 1. The number of benzene rings is 3. The molecule has 1 fully saturated rings. The molecular formula is C33H41N3O2. The summed E-state index contributed by atoms with van der Waals surface area (Å²) in [5.74, 6) is 1.03. The molecule has 1 heterocycles. The summed E-state index contributed by atoms with van der Waals surface area (Å²) in [4.78, 5) is 29.1. The summed E-state index contributed by atoms with van der Waals surface area (Å²) in [5.41, 5.74) is 5.17. The van der Waals surface area contributed by atoms with Crippen molar-refractivity contribution >= 4 is 17.6 Å². The van der Waals surface area contributed by atoms with Gasteiger partial charge in [-0.3, -0.25) is 4.79 Å². The fourth-order valence-electron chi connectivity index (χ4n) is 5.40. The van der Waals surface area contributed by atoms with Gasteiger partial charge in [0.25, 0.3) is 0 Å². The number of carbonyl (C=O) groups excluding carboxylic acids is 2. The molecule has 0 radical (unpaired) electrons. The first kappa shape index (κ1) is 27.4. The van der Waals surface area contributed by atoms with Crippen molar-refractivity contribution in [2.75, 3.05) is 18.4 Å². The van der Waals surface area contributed by atoms with Crippen LogP contribution in [0.2, 0.25) is 0 Å². The number of nitrogens with one attached hydrogen (secondary N) is 2. The van der Waals surface area contributed by atoms with Crippen molar-refractivity contribution < 1.29 is 9.59 Å². The van der Waals surface area contributed by atoms with Gasteiger partial charge in [0.05, 0.1) is 0 Å². The number of anilines is 1. The molecule has 1 saturated heterocycles. The predicted molar refractivity (Wildman–Crippen MR) is 155 cm³/mol. The van der Waals surface area contributed by atoms with E-state index in [-0.39, 0.29) is 23.8 Å². The van der Waals surface area contributed by atoms with Crippen LogP contribution in [-0.2, 0) is 11.2 Å². The smallest absolute Gasteiger partial charge is 0.320 e. The highest BCUT2D eigenvalue weighted by molar-refractivity contribution is 5.95. The van der Waals surface area contributed by atoms with E-state index in [1.807, 2.05) is 47.4 Å². The van der Waals surface area contributed by atoms with Crippen molar-refractivity contribution in [3.8, 4) is 0 Å². The van der Waals surface area contributed by atoms with Gasteiger partial charge in [0.2, 0.25) is 5.91 Å². The molecule has 3 aromatic rings. The highest BCUT2D eigenvalue weighted by Gasteiger charge is 2.31. The molecule has 0 aliphatic carbocycles. The van der Waals surface area contributed by atoms with E-state index < -0.39 is 6.04 Å². The number of urea groups is 1. The zero-order valence-corrected chi connectivity index (χ0v) is 23.1. The Labute approximate surface area is 227 Å². The molecule has 2 N–H and O–H groups in total. The molecule has 0 spiro atoms. The summed E-state index contributed by atoms with van der Waals surface area (Å²) < 4.78 is 0. The number of amides is 3. The van der Waals surface area contributed by atoms with Crippen molar-refractivity contribution in [3.63, 3.8) is 0 Å². The summed E-state index contributed by atoms with van der Waals surface area (Å²) in [5, 5.41) is 6.13. The van der Waals surface area contributed by atoms with E-state index in [4.69, 9.17) is 0 Å². The first-order valence-electron chi connectivity index (χ1n) is 13.9. The molecule has 1 aliphatic heterocycles. The number of hydrogen-bond donors (Lipinski definition) is 2. The van der Waals surface area contributed by atoms with Gasteiger partial charge in [-0.25, -0.2) is 4.79 Å². The number of likely N-dealkylation sites (tertiary alicyclic amines) is 1. The third-order valence-corrected chi connectivity index (χ3v) is 7.56. The number of carbonyl (C=O) groups is 2. The summed E-state index contributed by atoms with van der Waals surface area (Å²) in [6.07, 6.45) is 2.97. The van der Waals surface area contributed by atoms with Gasteiger partial charge < -0.3 is 15.5 Å². The van der Waals surface area contributed by atoms with Crippen LogP contribution in [-0.4, -0.2) is 29.9 Å². The van der Waals surface area contributed by atoms with Crippen LogP contribution >= 0.6 is 0 Å². The maximum absolute atomic E-state index is 13.8. The molecule has 3 aromatic carbocycles. The lowest BCUT2D eigenvalue weighted by molar-refractivity contribution is -0.134. The largest absolute Gasteiger partial charge is 0.341 e. The Morgan fingerprint density at radius 2 is 1.34 bits per heavy atom. The van der Waals surface area contributed by atoms with E-state index in [0.717, 1.165) is 41.6 Å². The van der Waals surface area contributed by atoms with Gasteiger partial charge in [-0.05, 0) is 59.3 Å². The van der Waals surface area contributed by atoms with E-state index in [0.29, 0.717) is 19.0 Å². The van der Waals surface area contributed by atoms with E-state index in [9.17, 15) is 9.59 Å². The van der Waals surface area contributed by atoms with E-state index >= 15 is 0 Å². The van der Waals surface area contributed by atoms with E-state index in [1.165, 1.54) is 5.56 Å². The van der Waals surface area contributed by atoms with Gasteiger partial charge in [0, 0.05) is 18.8 Å². The number of para-hydroxylation sites is 1. The Bertz CT molecular complexity index is 1170. The Morgan fingerprint density at radius 1 is 0.789 bits per heavy atom. The molecule has 0 aromatic heterocycles. The van der Waals surface area contributed by atoms with Gasteiger partial charge >= 0.3 is 6.03 Å². The minimum atomic E-state index is -0.740. The average Bonchev–Trinajstić information content (AvgIpc) is 2.92. The predicted octanol–water partition coefficient (Wildman–Crippen LogP) is 7.28. The monoisotopic (exact) mass is 511 g/mol. The average molecular weight is 512 g/mol. The highest BCUT2D eigenvalue weighted by Crippen LogP contribution is 2.32. The molecule has 1 aliphatic rings. The molecule has 5 heteroatoms. The lowest BCUT2D eigenvalue weighted by Gasteiger charge is -2.34. The van der Waals surface area contributed by atoms with Gasteiger partial charge in [-0.1, -0.05) is 107 Å². The Morgan fingerprint density at radius 3 is 1.89 bits per heavy atom. The van der Waals surface area contributed by atoms with Crippen LogP contribution in [0.5, 0.6) is 0 Å². The second-order valence-corrected chi connectivity index (χ2v) is 11.0. The molecule has 3 amide bonds. The van der Waals surface area contributed by atoms with E-state index in [1.54, 1.807) is 0 Å². The second-order valence-electron chi connectivity index (χ2n) is 11.0. The minimum Gasteiger partial charge on any atom is -0.341 e. The van der Waals surface area contributed by atoms with Crippen molar-refractivity contribution in [1.82, 2.24) is 10.2 Å². The molecule has 200 valence electrons. The molecule has 4 rings (SSSR count). The molecule has 0 bridgehead atoms. The topological polar surface area (TPSA) is 61.4 Å². The maximum atomic E-state index is 13.8. The standard InChI is InChI=1S/C33H41N3O2/c1-23(2)28-16-11-17-29(24(3)4)31(28)35-33(38)34-30(27-14-9-6-10-15-27)32(37)36-20-18-26(19-21-36)22-25-12-7-5-8-13-25/h5-17,23-24,26,30H,18-22H2,1-4H3,(H2,34,35,38). The highest BCUT2D eigenvalue weighted by atomic mass is 16.2. The Kier molecular flexibility index (Phi) is 9.22. The summed E-state index contributed by atoms with van der Waals surface area (Å²) in [6.45, 7) is 9.91. The zero-order valence-electron chi connectivity index (χ0n) is 23.1. The van der Waals surface area contributed by atoms with E-state index in [2.05, 4.69) is 74.7 Å². The van der Waals surface area contributed by atoms with Crippen molar-refractivity contribution in [2.24, 2.45) is 5.92 Å². The molecule has 1 atom stereocenters. The zero-order chi connectivity index (χ0) is 27.1. The Hall–Kier alpha value is -3.60. The fourth-order valence-corrected chi connectivity index (χ4v) is 5.40.